The van der Waals surface area contributed by atoms with Crippen molar-refractivity contribution in [1.82, 2.24) is 5.43 Å². The number of nitro groups is 1. The first-order valence-corrected chi connectivity index (χ1v) is 11.3. The number of nitro benzene ring substituents is 1. The summed E-state index contributed by atoms with van der Waals surface area (Å²) in [5.74, 6) is -1.90. The van der Waals surface area contributed by atoms with Gasteiger partial charge in [0.25, 0.3) is 5.69 Å². The SMILES string of the molecule is CCOC(=O)c1c(Nc2ccc(Cl)cc2)oc(/C=N/NC(=O)Cc2ccc(C(F)(F)F)cc2[N+](=O)[O-])c1Cl. The monoisotopic (exact) mass is 572 g/mol. The van der Waals surface area contributed by atoms with Crippen LogP contribution in [0.1, 0.15) is 34.2 Å². The highest BCUT2D eigenvalue weighted by atomic mass is 35.5. The second kappa shape index (κ2) is 12.0. The highest BCUT2D eigenvalue weighted by Gasteiger charge is 2.33. The van der Waals surface area contributed by atoms with Crippen molar-refractivity contribution in [2.75, 3.05) is 11.9 Å². The van der Waals surface area contributed by atoms with Crippen molar-refractivity contribution in [3.8, 4) is 0 Å². The Morgan fingerprint density at radius 2 is 1.87 bits per heavy atom. The van der Waals surface area contributed by atoms with Gasteiger partial charge in [-0.1, -0.05) is 29.3 Å². The average molecular weight is 573 g/mol. The fraction of sp³-hybridized carbons (Fsp3) is 0.174. The van der Waals surface area contributed by atoms with Crippen LogP contribution < -0.4 is 10.7 Å². The van der Waals surface area contributed by atoms with Gasteiger partial charge in [0, 0.05) is 22.3 Å². The smallest absolute Gasteiger partial charge is 0.416 e. The summed E-state index contributed by atoms with van der Waals surface area (Å²) in [6, 6.07) is 8.24. The molecular weight excluding hydrogens is 556 g/mol. The van der Waals surface area contributed by atoms with E-state index >= 15 is 0 Å². The van der Waals surface area contributed by atoms with Gasteiger partial charge >= 0.3 is 12.1 Å². The minimum Gasteiger partial charge on any atom is -0.462 e. The zero-order valence-electron chi connectivity index (χ0n) is 19.3. The number of anilines is 2. The number of nitrogens with one attached hydrogen (secondary N) is 2. The fourth-order valence-electron chi connectivity index (χ4n) is 3.08. The lowest BCUT2D eigenvalue weighted by atomic mass is 10.1. The maximum absolute atomic E-state index is 12.9. The van der Waals surface area contributed by atoms with E-state index in [2.05, 4.69) is 15.8 Å². The van der Waals surface area contributed by atoms with Gasteiger partial charge < -0.3 is 14.5 Å². The number of hydrogen-bond acceptors (Lipinski definition) is 8. The number of halogens is 5. The summed E-state index contributed by atoms with van der Waals surface area (Å²) in [4.78, 5) is 34.9. The van der Waals surface area contributed by atoms with Crippen LogP contribution in [0, 0.1) is 10.1 Å². The highest BCUT2D eigenvalue weighted by molar-refractivity contribution is 6.36. The quantitative estimate of drug-likeness (QED) is 0.136. The zero-order valence-corrected chi connectivity index (χ0v) is 20.8. The molecular formula is C23H17Cl2F3N4O6. The van der Waals surface area contributed by atoms with E-state index in [0.29, 0.717) is 22.8 Å². The van der Waals surface area contributed by atoms with Gasteiger partial charge in [0.05, 0.1) is 29.7 Å². The Morgan fingerprint density at radius 3 is 2.47 bits per heavy atom. The highest BCUT2D eigenvalue weighted by Crippen LogP contribution is 2.35. The number of amides is 1. The number of rotatable bonds is 9. The van der Waals surface area contributed by atoms with Crippen LogP contribution in [0.2, 0.25) is 10.0 Å². The molecule has 1 heterocycles. The predicted molar refractivity (Wildman–Crippen MR) is 132 cm³/mol. The molecule has 0 radical (unpaired) electrons. The summed E-state index contributed by atoms with van der Waals surface area (Å²) in [5.41, 5.74) is 0.0791. The molecule has 10 nitrogen and oxygen atoms in total. The predicted octanol–water partition coefficient (Wildman–Crippen LogP) is 6.13. The van der Waals surface area contributed by atoms with Crippen LogP contribution in [-0.4, -0.2) is 29.6 Å². The van der Waals surface area contributed by atoms with E-state index in [4.69, 9.17) is 32.4 Å². The maximum Gasteiger partial charge on any atom is 0.416 e. The van der Waals surface area contributed by atoms with Crippen molar-refractivity contribution in [3.05, 3.63) is 85.1 Å². The summed E-state index contributed by atoms with van der Waals surface area (Å²) < 4.78 is 49.2. The van der Waals surface area contributed by atoms with Crippen LogP contribution in [0.3, 0.4) is 0 Å². The third-order valence-corrected chi connectivity index (χ3v) is 5.42. The molecule has 0 bridgehead atoms. The lowest BCUT2D eigenvalue weighted by Gasteiger charge is -2.08. The van der Waals surface area contributed by atoms with Crippen molar-refractivity contribution >= 4 is 58.6 Å². The topological polar surface area (TPSA) is 136 Å². The number of esters is 1. The first-order valence-electron chi connectivity index (χ1n) is 10.6. The first-order chi connectivity index (χ1) is 17.9. The molecule has 0 fully saturated rings. The normalized spacial score (nSPS) is 11.4. The van der Waals surface area contributed by atoms with Crippen LogP contribution in [0.5, 0.6) is 0 Å². The Hall–Kier alpha value is -4.10. The molecule has 3 rings (SSSR count). The number of furan rings is 1. The van der Waals surface area contributed by atoms with E-state index in [1.165, 1.54) is 0 Å². The van der Waals surface area contributed by atoms with Gasteiger partial charge in [0.2, 0.25) is 11.8 Å². The van der Waals surface area contributed by atoms with Gasteiger partial charge in [-0.2, -0.15) is 18.3 Å². The largest absolute Gasteiger partial charge is 0.462 e. The molecule has 0 aliphatic rings. The summed E-state index contributed by atoms with van der Waals surface area (Å²) in [5, 5.41) is 18.0. The molecule has 0 unspecified atom stereocenters. The lowest BCUT2D eigenvalue weighted by molar-refractivity contribution is -0.385. The molecule has 3 aromatic rings. The fourth-order valence-corrected chi connectivity index (χ4v) is 3.46. The van der Waals surface area contributed by atoms with E-state index in [9.17, 15) is 32.9 Å². The van der Waals surface area contributed by atoms with Gasteiger partial charge in [-0.3, -0.25) is 14.9 Å². The molecule has 1 aromatic heterocycles. The Morgan fingerprint density at radius 1 is 1.18 bits per heavy atom. The molecule has 38 heavy (non-hydrogen) atoms. The van der Waals surface area contributed by atoms with Crippen LogP contribution in [0.15, 0.2) is 52.0 Å². The van der Waals surface area contributed by atoms with Crippen LogP contribution in [-0.2, 0) is 22.1 Å². The molecule has 0 saturated carbocycles. The van der Waals surface area contributed by atoms with E-state index in [1.807, 2.05) is 0 Å². The van der Waals surface area contributed by atoms with Crippen LogP contribution >= 0.6 is 23.2 Å². The van der Waals surface area contributed by atoms with Gasteiger partial charge in [0.15, 0.2) is 5.76 Å². The Bertz CT molecular complexity index is 1390. The third kappa shape index (κ3) is 7.01. The molecule has 0 aliphatic heterocycles. The molecule has 0 spiro atoms. The van der Waals surface area contributed by atoms with E-state index in [0.717, 1.165) is 12.3 Å². The molecule has 2 aromatic carbocycles. The van der Waals surface area contributed by atoms with Gasteiger partial charge in [-0.15, -0.1) is 0 Å². The number of hydrazone groups is 1. The second-order valence-electron chi connectivity index (χ2n) is 7.41. The van der Waals surface area contributed by atoms with Crippen molar-refractivity contribution in [1.29, 1.82) is 0 Å². The number of hydrogen-bond donors (Lipinski definition) is 2. The molecule has 200 valence electrons. The minimum absolute atomic E-state index is 0.0519. The lowest BCUT2D eigenvalue weighted by Crippen LogP contribution is -2.20. The van der Waals surface area contributed by atoms with E-state index in [-0.39, 0.29) is 34.4 Å². The van der Waals surface area contributed by atoms with E-state index < -0.39 is 40.6 Å². The maximum atomic E-state index is 12.9. The van der Waals surface area contributed by atoms with Crippen LogP contribution in [0.4, 0.5) is 30.4 Å². The van der Waals surface area contributed by atoms with Crippen LogP contribution in [0.25, 0.3) is 0 Å². The van der Waals surface area contributed by atoms with Crippen molar-refractivity contribution in [3.63, 3.8) is 0 Å². The third-order valence-electron chi connectivity index (χ3n) is 4.79. The number of carbonyl (C=O) groups is 2. The zero-order chi connectivity index (χ0) is 28.0. The number of ether oxygens (including phenoxy) is 1. The molecule has 0 atom stereocenters. The summed E-state index contributed by atoms with van der Waals surface area (Å²) in [6.45, 7) is 1.65. The first kappa shape index (κ1) is 28.5. The number of nitrogens with zero attached hydrogens (tertiary/aromatic N) is 2. The molecule has 2 N–H and O–H groups in total. The van der Waals surface area contributed by atoms with Crippen molar-refractivity contribution < 1.29 is 36.8 Å². The average Bonchev–Trinajstić information content (AvgIpc) is 3.14. The molecule has 0 aliphatic carbocycles. The van der Waals surface area contributed by atoms with Crippen molar-refractivity contribution in [2.24, 2.45) is 5.10 Å². The summed E-state index contributed by atoms with van der Waals surface area (Å²) in [6.07, 6.45) is -4.46. The Balaban J connectivity index is 1.79. The standard InChI is InChI=1S/C23H17Cl2F3N4O6/c1-2-37-22(34)19-20(25)17(38-21(19)30-15-7-5-14(24)6-8-15)11-29-31-18(33)9-12-3-4-13(23(26,27)28)10-16(12)32(35)36/h3-8,10-11,30H,2,9H2,1H3,(H,31,33)/b29-11+. The van der Waals surface area contributed by atoms with Gasteiger partial charge in [-0.25, -0.2) is 10.2 Å². The second-order valence-corrected chi connectivity index (χ2v) is 8.22. The Labute approximate surface area is 222 Å². The summed E-state index contributed by atoms with van der Waals surface area (Å²) >= 11 is 12.2. The number of alkyl halides is 3. The number of benzene rings is 2. The van der Waals surface area contributed by atoms with E-state index in [1.54, 1.807) is 31.2 Å². The molecule has 15 heteroatoms. The Kier molecular flexibility index (Phi) is 8.96. The minimum atomic E-state index is -4.79. The molecule has 1 amide bonds. The number of carbonyl (C=O) groups excluding carboxylic acids is 2. The van der Waals surface area contributed by atoms with Gasteiger partial charge in [-0.05, 0) is 37.3 Å². The molecule has 0 saturated heterocycles. The van der Waals surface area contributed by atoms with Crippen molar-refractivity contribution in [2.45, 2.75) is 19.5 Å². The van der Waals surface area contributed by atoms with Gasteiger partial charge in [0.1, 0.15) is 10.6 Å². The summed E-state index contributed by atoms with van der Waals surface area (Å²) in [7, 11) is 0.